The normalized spacial score (nSPS) is 9.05. The van der Waals surface area contributed by atoms with Crippen molar-refractivity contribution in [2.45, 2.75) is 111 Å². The Bertz CT molecular complexity index is 433. The van der Waals surface area contributed by atoms with Crippen LogP contribution in [0, 0.1) is 0 Å². The summed E-state index contributed by atoms with van der Waals surface area (Å²) in [6, 6.07) is 0. The summed E-state index contributed by atoms with van der Waals surface area (Å²) in [5.74, 6) is 1.20. The van der Waals surface area contributed by atoms with Gasteiger partial charge in [-0.1, -0.05) is 0 Å². The molecule has 16 heteroatoms. The van der Waals surface area contributed by atoms with Gasteiger partial charge in [0, 0.05) is 0 Å². The molecule has 0 heterocycles. The number of carbonyl (C=O) groups is 2. The third-order valence-corrected chi connectivity index (χ3v) is 20.6. The van der Waals surface area contributed by atoms with Crippen LogP contribution in [-0.2, 0) is 25.5 Å². The second kappa shape index (κ2) is 60.1. The Kier molecular flexibility index (Phi) is 79.1. The Morgan fingerprint density at radius 2 is 0.773 bits per heavy atom. The van der Waals surface area contributed by atoms with Gasteiger partial charge in [0.25, 0.3) is 0 Å². The van der Waals surface area contributed by atoms with Gasteiger partial charge in [-0.05, 0) is 23.0 Å². The van der Waals surface area contributed by atoms with E-state index in [0.717, 1.165) is 36.2 Å². The molecule has 0 aliphatic heterocycles. The number of rotatable bonds is 20. The summed E-state index contributed by atoms with van der Waals surface area (Å²) < 4.78 is 17.5. The van der Waals surface area contributed by atoms with Gasteiger partial charge in [0.05, 0.1) is 0 Å². The van der Waals surface area contributed by atoms with E-state index in [2.05, 4.69) is 102 Å². The number of thiol groups is 4. The van der Waals surface area contributed by atoms with Gasteiger partial charge in [-0.2, -0.15) is 50.5 Å². The number of aliphatic hydroxyl groups is 2. The molecule has 0 bridgehead atoms. The van der Waals surface area contributed by atoms with Crippen molar-refractivity contribution in [1.29, 1.82) is 0 Å². The summed E-state index contributed by atoms with van der Waals surface area (Å²) in [5, 5.41) is 33.0. The van der Waals surface area contributed by atoms with Crippen LogP contribution >= 0.6 is 50.5 Å². The van der Waals surface area contributed by atoms with Gasteiger partial charge < -0.3 is 30.5 Å². The van der Waals surface area contributed by atoms with Crippen molar-refractivity contribution in [3.63, 3.8) is 0 Å². The third-order valence-electron chi connectivity index (χ3n) is 4.58. The average molecular weight is 927 g/mol. The van der Waals surface area contributed by atoms with Gasteiger partial charge in [0.1, 0.15) is 13.2 Å². The van der Waals surface area contributed by atoms with Crippen molar-refractivity contribution in [2.24, 2.45) is 0 Å². The summed E-state index contributed by atoms with van der Waals surface area (Å²) >= 11 is 12.8. The van der Waals surface area contributed by atoms with E-state index in [1.807, 2.05) is 0 Å². The van der Waals surface area contributed by atoms with E-state index in [-0.39, 0.29) is 0 Å². The molecule has 0 rings (SSSR count). The summed E-state index contributed by atoms with van der Waals surface area (Å²) in [6.07, 6.45) is 11.0. The van der Waals surface area contributed by atoms with Crippen molar-refractivity contribution >= 4 is 103 Å². The van der Waals surface area contributed by atoms with Crippen molar-refractivity contribution < 1.29 is 46.2 Å². The van der Waals surface area contributed by atoms with E-state index in [1.165, 1.54) is 69.1 Å². The molecule has 2 N–H and O–H groups in total. The van der Waals surface area contributed by atoms with E-state index in [0.29, 0.717) is 0 Å². The topological polar surface area (TPSA) is 158 Å². The van der Waals surface area contributed by atoms with Crippen LogP contribution in [-0.4, -0.2) is 112 Å². The molecule has 0 aromatic rings. The van der Waals surface area contributed by atoms with Crippen molar-refractivity contribution in [1.82, 2.24) is 0 Å². The maximum absolute atomic E-state index is 9.40. The molecule has 10 nitrogen and oxygen atoms in total. The summed E-state index contributed by atoms with van der Waals surface area (Å²) in [6.45, 7) is 13.6. The fourth-order valence-electron chi connectivity index (χ4n) is 2.50. The van der Waals surface area contributed by atoms with E-state index in [4.69, 9.17) is 26.9 Å². The van der Waals surface area contributed by atoms with E-state index >= 15 is 0 Å². The van der Waals surface area contributed by atoms with Crippen LogP contribution in [0.25, 0.3) is 0 Å². The largest absolute Gasteiger partial charge is 0.662 e. The van der Waals surface area contributed by atoms with Gasteiger partial charge in [0.15, 0.2) is 0 Å². The van der Waals surface area contributed by atoms with Crippen LogP contribution < -0.4 is 10.5 Å². The van der Waals surface area contributed by atoms with Gasteiger partial charge in [0.2, 0.25) is 0 Å². The van der Waals surface area contributed by atoms with Gasteiger partial charge in [-0.15, -0.1) is 0 Å². The number of carbonyl (C=O) groups excluding carboxylic acids is 2. The minimum absolute atomic E-state index is 0.844. The molecule has 0 fully saturated rings. The van der Waals surface area contributed by atoms with Gasteiger partial charge >= 0.3 is 182 Å². The van der Waals surface area contributed by atoms with Crippen molar-refractivity contribution in [3.8, 4) is 0 Å². The molecule has 0 aliphatic rings. The Morgan fingerprint density at radius 3 is 0.864 bits per heavy atom. The molecule has 0 radical (unpaired) electrons. The smallest absolute Gasteiger partial charge is 0.326 e. The van der Waals surface area contributed by atoms with E-state index in [9.17, 15) is 9.59 Å². The maximum atomic E-state index is 9.40. The van der Waals surface area contributed by atoms with Crippen LogP contribution in [0.3, 0.4) is 0 Å². The van der Waals surface area contributed by atoms with Crippen LogP contribution in [0.1, 0.15) is 92.9 Å². The summed E-state index contributed by atoms with van der Waals surface area (Å²) in [4.78, 5) is 24.3. The Labute approximate surface area is 306 Å². The van der Waals surface area contributed by atoms with Crippen LogP contribution in [0.5, 0.6) is 0 Å². The first-order valence-corrected chi connectivity index (χ1v) is 28.3. The second-order valence-electron chi connectivity index (χ2n) is 8.48. The van der Waals surface area contributed by atoms with Crippen LogP contribution in [0.15, 0.2) is 0 Å². The first kappa shape index (κ1) is 57.9. The average Bonchev–Trinajstić information content (AvgIpc) is 3.07. The van der Waals surface area contributed by atoms with Crippen molar-refractivity contribution in [2.75, 3.05) is 49.4 Å². The van der Waals surface area contributed by atoms with Gasteiger partial charge in [-0.3, -0.25) is 0 Å². The molecule has 0 saturated heterocycles. The first-order valence-electron chi connectivity index (χ1n) is 15.4. The molecule has 0 spiro atoms. The molecule has 0 unspecified atom stereocenters. The molecule has 0 aliphatic carbocycles. The summed E-state index contributed by atoms with van der Waals surface area (Å²) in [7, 11) is 0. The molecule has 44 heavy (non-hydrogen) atoms. The first-order chi connectivity index (χ1) is 21.1. The number of hydrogen-bond acceptors (Lipinski definition) is 14. The molecule has 0 amide bonds. The Hall–Kier alpha value is 1.70. The molecule has 0 atom stereocenters. The zero-order valence-corrected chi connectivity index (χ0v) is 37.4. The molecule has 268 valence electrons. The van der Waals surface area contributed by atoms with E-state index in [1.54, 1.807) is 0 Å². The zero-order chi connectivity index (χ0) is 35.3. The molecular weight excluding hydrogens is 862 g/mol. The molecular formula is C28H64O10S4Sn2. The SMILES string of the molecule is CCC[CH2][Sn+]([CH2]CCC)[O]CC.CCC[CH2][Sn+]([CH2]CCC)[O]CC.O=C(CO)O[O-].O=C(CO)O[O-].SCCS.SCCS. The van der Waals surface area contributed by atoms with Crippen LogP contribution in [0.2, 0.25) is 17.7 Å². The Morgan fingerprint density at radius 1 is 0.545 bits per heavy atom. The minimum atomic E-state index is -1.31. The predicted molar refractivity (Wildman–Crippen MR) is 195 cm³/mol. The number of unbranched alkanes of at least 4 members (excludes halogenated alkanes) is 4. The second-order valence-corrected chi connectivity index (χ2v) is 23.8. The predicted octanol–water partition coefficient (Wildman–Crippen LogP) is 4.52. The number of hydrogen-bond donors (Lipinski definition) is 6. The molecule has 0 aromatic carbocycles. The molecule has 0 aromatic heterocycles. The van der Waals surface area contributed by atoms with Crippen molar-refractivity contribution in [3.05, 3.63) is 0 Å². The Balaban J connectivity index is -0.000000105. The van der Waals surface area contributed by atoms with Crippen LogP contribution in [0.4, 0.5) is 0 Å². The fourth-order valence-corrected chi connectivity index (χ4v) is 16.4. The van der Waals surface area contributed by atoms with E-state index < -0.39 is 65.5 Å². The fraction of sp³-hybridized carbons (Fsp3) is 0.929. The standard InChI is InChI=1S/4C4H9.2C2H4O4.2C2H5O.2C2H6S2.2Sn/c4*1-3-4-2;2*3-1-2(4)6-5;2*1-2-3;2*3-1-2-4;;/h4*1,3-4H2,2H3;2*3,5H,1H2;2*2H2,1H3;2*3-4H,1-2H2;;/q;;;;;;2*-1;;;2*+2/p-2. The monoisotopic (exact) mass is 928 g/mol. The third kappa shape index (κ3) is 70.2. The minimum Gasteiger partial charge on any atom is -0.662 e. The zero-order valence-electron chi connectivity index (χ0n) is 28.1. The quantitative estimate of drug-likeness (QED) is 0.0445. The number of aliphatic hydroxyl groups excluding tert-OH is 2. The summed E-state index contributed by atoms with van der Waals surface area (Å²) in [5.41, 5.74) is 0. The maximum Gasteiger partial charge on any atom is 0.326 e. The molecule has 0 saturated carbocycles. The van der Waals surface area contributed by atoms with Gasteiger partial charge in [-0.25, -0.2) is 9.59 Å².